The molecule has 0 radical (unpaired) electrons. The Morgan fingerprint density at radius 3 is 2.79 bits per heavy atom. The first-order chi connectivity index (χ1) is 11.6. The third kappa shape index (κ3) is 3.82. The Hall–Kier alpha value is -3.06. The highest BCUT2D eigenvalue weighted by atomic mass is 35.5. The average Bonchev–Trinajstić information content (AvgIpc) is 3.06. The quantitative estimate of drug-likeness (QED) is 0.633. The van der Waals surface area contributed by atoms with Crippen LogP contribution in [0.3, 0.4) is 0 Å². The Kier molecular flexibility index (Phi) is 4.62. The summed E-state index contributed by atoms with van der Waals surface area (Å²) in [5.74, 6) is -0.0409. The minimum Gasteiger partial charge on any atom is -0.506 e. The molecule has 1 heterocycles. The molecule has 122 valence electrons. The van der Waals surface area contributed by atoms with Crippen LogP contribution in [0.15, 0.2) is 55.1 Å². The Bertz CT molecular complexity index is 851. The van der Waals surface area contributed by atoms with Gasteiger partial charge in [-0.1, -0.05) is 29.8 Å². The minimum atomic E-state index is -0.414. The van der Waals surface area contributed by atoms with Crippen LogP contribution in [-0.4, -0.2) is 25.9 Å². The predicted molar refractivity (Wildman–Crippen MR) is 91.3 cm³/mol. The molecule has 1 aromatic heterocycles. The molecule has 0 spiro atoms. The van der Waals surface area contributed by atoms with E-state index < -0.39 is 6.03 Å². The van der Waals surface area contributed by atoms with Crippen molar-refractivity contribution in [2.45, 2.75) is 6.54 Å². The number of halogens is 1. The van der Waals surface area contributed by atoms with E-state index in [2.05, 4.69) is 20.7 Å². The van der Waals surface area contributed by atoms with Gasteiger partial charge in [0.15, 0.2) is 0 Å². The molecule has 0 aliphatic heterocycles. The van der Waals surface area contributed by atoms with Gasteiger partial charge in [-0.15, -0.1) is 0 Å². The smallest absolute Gasteiger partial charge is 0.323 e. The van der Waals surface area contributed by atoms with Crippen LogP contribution in [-0.2, 0) is 6.54 Å². The number of aromatic hydroxyl groups is 1. The molecule has 8 heteroatoms. The van der Waals surface area contributed by atoms with Gasteiger partial charge in [0.2, 0.25) is 0 Å². The van der Waals surface area contributed by atoms with Crippen molar-refractivity contribution in [1.29, 1.82) is 0 Å². The molecule has 3 aromatic rings. The van der Waals surface area contributed by atoms with Gasteiger partial charge in [0, 0.05) is 11.4 Å². The largest absolute Gasteiger partial charge is 0.506 e. The number of phenols is 1. The van der Waals surface area contributed by atoms with Gasteiger partial charge in [0.05, 0.1) is 11.6 Å². The van der Waals surface area contributed by atoms with E-state index in [0.29, 0.717) is 17.9 Å². The van der Waals surface area contributed by atoms with Gasteiger partial charge in [-0.2, -0.15) is 5.10 Å². The molecule has 0 saturated carbocycles. The molecule has 0 atom stereocenters. The maximum Gasteiger partial charge on any atom is 0.323 e. The molecule has 24 heavy (non-hydrogen) atoms. The summed E-state index contributed by atoms with van der Waals surface area (Å²) in [6.45, 7) is 0.488. The van der Waals surface area contributed by atoms with Crippen molar-refractivity contribution in [3.63, 3.8) is 0 Å². The highest BCUT2D eigenvalue weighted by Gasteiger charge is 2.08. The van der Waals surface area contributed by atoms with Crippen LogP contribution in [0.4, 0.5) is 16.2 Å². The molecule has 7 nitrogen and oxygen atoms in total. The van der Waals surface area contributed by atoms with E-state index in [1.165, 1.54) is 18.5 Å². The van der Waals surface area contributed by atoms with Crippen LogP contribution in [0.5, 0.6) is 5.75 Å². The van der Waals surface area contributed by atoms with Crippen molar-refractivity contribution in [1.82, 2.24) is 14.8 Å². The number of carbonyl (C=O) groups excluding carboxylic acids is 1. The zero-order chi connectivity index (χ0) is 16.9. The number of benzene rings is 2. The normalized spacial score (nSPS) is 10.4. The predicted octanol–water partition coefficient (Wildman–Crippen LogP) is 3.33. The van der Waals surface area contributed by atoms with E-state index in [9.17, 15) is 9.90 Å². The maximum atomic E-state index is 12.2. The number of hydrogen-bond donors (Lipinski definition) is 3. The molecule has 0 bridgehead atoms. The Morgan fingerprint density at radius 2 is 2.04 bits per heavy atom. The zero-order valence-electron chi connectivity index (χ0n) is 12.5. The van der Waals surface area contributed by atoms with Crippen LogP contribution in [0.1, 0.15) is 5.56 Å². The van der Waals surface area contributed by atoms with Gasteiger partial charge in [-0.25, -0.2) is 14.5 Å². The molecule has 3 N–H and O–H groups in total. The average molecular weight is 344 g/mol. The van der Waals surface area contributed by atoms with E-state index in [1.54, 1.807) is 23.1 Å². The minimum absolute atomic E-state index is 0.0409. The van der Waals surface area contributed by atoms with E-state index in [0.717, 1.165) is 5.56 Å². The summed E-state index contributed by atoms with van der Waals surface area (Å²) in [6.07, 6.45) is 3.06. The summed E-state index contributed by atoms with van der Waals surface area (Å²) in [4.78, 5) is 16.1. The van der Waals surface area contributed by atoms with E-state index in [-0.39, 0.29) is 10.8 Å². The molecule has 3 rings (SSSR count). The fourth-order valence-corrected chi connectivity index (χ4v) is 2.32. The van der Waals surface area contributed by atoms with E-state index in [4.69, 9.17) is 11.6 Å². The number of para-hydroxylation sites is 1. The summed E-state index contributed by atoms with van der Waals surface area (Å²) < 4.78 is 1.66. The number of nitrogens with one attached hydrogen (secondary N) is 2. The fourth-order valence-electron chi connectivity index (χ4n) is 2.14. The topological polar surface area (TPSA) is 92.1 Å². The highest BCUT2D eigenvalue weighted by molar-refractivity contribution is 6.32. The fraction of sp³-hybridized carbons (Fsp3) is 0.0625. The summed E-state index contributed by atoms with van der Waals surface area (Å²) in [7, 11) is 0. The van der Waals surface area contributed by atoms with Crippen LogP contribution >= 0.6 is 11.6 Å². The lowest BCUT2D eigenvalue weighted by atomic mass is 10.2. The Labute approximate surface area is 142 Å². The second-order valence-corrected chi connectivity index (χ2v) is 5.40. The zero-order valence-corrected chi connectivity index (χ0v) is 13.2. The summed E-state index contributed by atoms with van der Waals surface area (Å²) in [5.41, 5.74) is 2.03. The van der Waals surface area contributed by atoms with Gasteiger partial charge < -0.3 is 15.7 Å². The first-order valence-electron chi connectivity index (χ1n) is 7.08. The molecule has 0 aliphatic carbocycles. The highest BCUT2D eigenvalue weighted by Crippen LogP contribution is 2.26. The first kappa shape index (κ1) is 15.8. The van der Waals surface area contributed by atoms with Gasteiger partial charge in [-0.3, -0.25) is 0 Å². The summed E-state index contributed by atoms with van der Waals surface area (Å²) >= 11 is 5.82. The standard InChI is InChI=1S/C16H14ClN5O2/c17-13-7-12(5-6-15(13)23)20-16(24)21-14-4-2-1-3-11(14)8-22-10-18-9-19-22/h1-7,9-10,23H,8H2,(H2,20,21,24). The lowest BCUT2D eigenvalue weighted by Crippen LogP contribution is -2.20. The number of carbonyl (C=O) groups is 1. The number of phenolic OH excluding ortho intramolecular Hbond substituents is 1. The molecule has 0 aliphatic rings. The number of hydrogen-bond acceptors (Lipinski definition) is 4. The second kappa shape index (κ2) is 7.01. The third-order valence-corrected chi connectivity index (χ3v) is 3.57. The molecule has 0 fully saturated rings. The van der Waals surface area contributed by atoms with Gasteiger partial charge >= 0.3 is 6.03 Å². The monoisotopic (exact) mass is 343 g/mol. The van der Waals surface area contributed by atoms with Crippen molar-refractivity contribution >= 4 is 29.0 Å². The molecule has 0 saturated heterocycles. The number of anilines is 2. The van der Waals surface area contributed by atoms with Crippen molar-refractivity contribution in [2.24, 2.45) is 0 Å². The van der Waals surface area contributed by atoms with Gasteiger partial charge in [-0.05, 0) is 29.8 Å². The van der Waals surface area contributed by atoms with Crippen LogP contribution in [0.2, 0.25) is 5.02 Å². The van der Waals surface area contributed by atoms with Crippen molar-refractivity contribution < 1.29 is 9.90 Å². The molecule has 0 unspecified atom stereocenters. The van der Waals surface area contributed by atoms with Gasteiger partial charge in [0.1, 0.15) is 18.4 Å². The van der Waals surface area contributed by atoms with E-state index in [1.807, 2.05) is 18.2 Å². The van der Waals surface area contributed by atoms with Crippen LogP contribution < -0.4 is 10.6 Å². The maximum absolute atomic E-state index is 12.2. The third-order valence-electron chi connectivity index (χ3n) is 3.27. The van der Waals surface area contributed by atoms with Crippen molar-refractivity contribution in [2.75, 3.05) is 10.6 Å². The lowest BCUT2D eigenvalue weighted by Gasteiger charge is -2.12. The summed E-state index contributed by atoms with van der Waals surface area (Å²) in [6, 6.07) is 11.4. The van der Waals surface area contributed by atoms with Crippen LogP contribution in [0.25, 0.3) is 0 Å². The van der Waals surface area contributed by atoms with Crippen molar-refractivity contribution in [3.05, 3.63) is 65.7 Å². The number of nitrogens with zero attached hydrogens (tertiary/aromatic N) is 3. The van der Waals surface area contributed by atoms with Crippen molar-refractivity contribution in [3.8, 4) is 5.75 Å². The lowest BCUT2D eigenvalue weighted by molar-refractivity contribution is 0.262. The molecular weight excluding hydrogens is 330 g/mol. The first-order valence-corrected chi connectivity index (χ1v) is 7.46. The Morgan fingerprint density at radius 1 is 1.21 bits per heavy atom. The summed E-state index contributed by atoms with van der Waals surface area (Å²) in [5, 5.41) is 19.1. The second-order valence-electron chi connectivity index (χ2n) is 5.00. The Balaban J connectivity index is 1.71. The number of amides is 2. The van der Waals surface area contributed by atoms with Gasteiger partial charge in [0.25, 0.3) is 0 Å². The van der Waals surface area contributed by atoms with E-state index >= 15 is 0 Å². The number of rotatable bonds is 4. The van der Waals surface area contributed by atoms with Crippen LogP contribution in [0, 0.1) is 0 Å². The SMILES string of the molecule is O=C(Nc1ccc(O)c(Cl)c1)Nc1ccccc1Cn1cncn1. The molecule has 2 aromatic carbocycles. The molecular formula is C16H14ClN5O2. The molecule has 2 amide bonds. The number of aromatic nitrogens is 3. The number of urea groups is 1.